The van der Waals surface area contributed by atoms with Crippen LogP contribution in [-0.2, 0) is 9.59 Å². The van der Waals surface area contributed by atoms with E-state index in [2.05, 4.69) is 21.4 Å². The number of amides is 4. The lowest BCUT2D eigenvalue weighted by molar-refractivity contribution is -0.384. The van der Waals surface area contributed by atoms with Gasteiger partial charge >= 0.3 is 6.03 Å². The van der Waals surface area contributed by atoms with E-state index >= 15 is 0 Å². The van der Waals surface area contributed by atoms with Crippen molar-refractivity contribution in [2.45, 2.75) is 25.8 Å². The maximum absolute atomic E-state index is 12.3. The summed E-state index contributed by atoms with van der Waals surface area (Å²) in [5.41, 5.74) is 1.64. The molecule has 12 nitrogen and oxygen atoms in total. The van der Waals surface area contributed by atoms with Gasteiger partial charge in [0.05, 0.1) is 29.4 Å². The molecule has 0 saturated carbocycles. The molecule has 1 aromatic rings. The van der Waals surface area contributed by atoms with Gasteiger partial charge in [0, 0.05) is 18.7 Å². The van der Waals surface area contributed by atoms with Crippen molar-refractivity contribution < 1.29 is 24.4 Å². The molecule has 1 fully saturated rings. The number of hydrazine groups is 1. The number of rotatable bonds is 9. The van der Waals surface area contributed by atoms with Gasteiger partial charge in [0.25, 0.3) is 17.5 Å². The molecule has 0 radical (unpaired) electrons. The van der Waals surface area contributed by atoms with E-state index in [1.54, 1.807) is 13.8 Å². The molecular weight excluding hydrogens is 372 g/mol. The molecule has 0 bridgehead atoms. The van der Waals surface area contributed by atoms with Gasteiger partial charge in [-0.1, -0.05) is 6.92 Å². The molecule has 152 valence electrons. The first-order chi connectivity index (χ1) is 13.2. The van der Waals surface area contributed by atoms with Gasteiger partial charge in [-0.2, -0.15) is 5.01 Å². The summed E-state index contributed by atoms with van der Waals surface area (Å²) in [6.45, 7) is 2.99. The highest BCUT2D eigenvalue weighted by molar-refractivity contribution is 6.07. The Morgan fingerprint density at radius 1 is 1.32 bits per heavy atom. The van der Waals surface area contributed by atoms with E-state index in [0.29, 0.717) is 17.1 Å². The lowest BCUT2D eigenvalue weighted by atomic mass is 10.00. The van der Waals surface area contributed by atoms with Crippen LogP contribution >= 0.6 is 0 Å². The van der Waals surface area contributed by atoms with Crippen molar-refractivity contribution in [2.24, 2.45) is 0 Å². The summed E-state index contributed by atoms with van der Waals surface area (Å²) in [6.07, 6.45) is 0.357. The predicted molar refractivity (Wildman–Crippen MR) is 99.4 cm³/mol. The monoisotopic (exact) mass is 394 g/mol. The summed E-state index contributed by atoms with van der Waals surface area (Å²) in [4.78, 5) is 46.7. The topological polar surface area (TPSA) is 166 Å². The van der Waals surface area contributed by atoms with Gasteiger partial charge in [-0.3, -0.25) is 25.1 Å². The summed E-state index contributed by atoms with van der Waals surface area (Å²) in [7, 11) is 0. The average Bonchev–Trinajstić information content (AvgIpc) is 2.88. The van der Waals surface area contributed by atoms with Crippen LogP contribution in [0.5, 0.6) is 0 Å². The number of anilines is 2. The van der Waals surface area contributed by atoms with Gasteiger partial charge in [0.1, 0.15) is 5.54 Å². The quantitative estimate of drug-likeness (QED) is 0.224. The van der Waals surface area contributed by atoms with Crippen LogP contribution in [0.4, 0.5) is 21.9 Å². The highest BCUT2D eigenvalue weighted by Gasteiger charge is 2.47. The Morgan fingerprint density at radius 3 is 2.61 bits per heavy atom. The number of hydrogen-bond acceptors (Lipinski definition) is 8. The SMILES string of the molecule is CCC1(C)NC(=O)N(NC(=O)CNc2cc([N+](=O)[O-])ccc2NCCO)C1=O. The maximum Gasteiger partial charge on any atom is 0.344 e. The average molecular weight is 394 g/mol. The lowest BCUT2D eigenvalue weighted by Gasteiger charge is -2.19. The van der Waals surface area contributed by atoms with Crippen molar-refractivity contribution in [3.05, 3.63) is 28.3 Å². The van der Waals surface area contributed by atoms with Crippen LogP contribution in [0.3, 0.4) is 0 Å². The third-order valence-corrected chi connectivity index (χ3v) is 4.29. The molecule has 12 heteroatoms. The van der Waals surface area contributed by atoms with Gasteiger partial charge in [-0.05, 0) is 19.4 Å². The normalized spacial score (nSPS) is 18.6. The Labute approximate surface area is 160 Å². The third-order valence-electron chi connectivity index (χ3n) is 4.29. The molecule has 1 aliphatic heterocycles. The number of aliphatic hydroxyl groups is 1. The molecule has 0 aromatic heterocycles. The number of nitrogens with zero attached hydrogens (tertiary/aromatic N) is 2. The van der Waals surface area contributed by atoms with Gasteiger partial charge in [0.15, 0.2) is 0 Å². The summed E-state index contributed by atoms with van der Waals surface area (Å²) >= 11 is 0. The van der Waals surface area contributed by atoms with Crippen LogP contribution in [0, 0.1) is 10.1 Å². The molecule has 28 heavy (non-hydrogen) atoms. The smallest absolute Gasteiger partial charge is 0.344 e. The van der Waals surface area contributed by atoms with Crippen LogP contribution < -0.4 is 21.4 Å². The van der Waals surface area contributed by atoms with Crippen LogP contribution in [0.2, 0.25) is 0 Å². The van der Waals surface area contributed by atoms with Crippen LogP contribution in [0.15, 0.2) is 18.2 Å². The van der Waals surface area contributed by atoms with Crippen LogP contribution in [0.25, 0.3) is 0 Å². The van der Waals surface area contributed by atoms with Gasteiger partial charge in [0.2, 0.25) is 0 Å². The molecule has 1 unspecified atom stereocenters. The van der Waals surface area contributed by atoms with Gasteiger partial charge < -0.3 is 21.1 Å². The standard InChI is InChI=1S/C16H22N6O6/c1-3-16(2)14(25)21(15(26)19-16)20-13(24)9-18-12-8-10(22(27)28)4-5-11(12)17-6-7-23/h4-5,8,17-18,23H,3,6-7,9H2,1-2H3,(H,19,26)(H,20,24). The Bertz CT molecular complexity index is 800. The number of nitro benzene ring substituents is 1. The second kappa shape index (κ2) is 8.52. The molecule has 1 aliphatic rings. The van der Waals surface area contributed by atoms with Crippen molar-refractivity contribution in [1.29, 1.82) is 0 Å². The van der Waals surface area contributed by atoms with Crippen LogP contribution in [0.1, 0.15) is 20.3 Å². The summed E-state index contributed by atoms with van der Waals surface area (Å²) in [6, 6.07) is 3.22. The highest BCUT2D eigenvalue weighted by Crippen LogP contribution is 2.27. The number of nitrogens with one attached hydrogen (secondary N) is 4. The molecule has 1 atom stereocenters. The number of benzene rings is 1. The number of urea groups is 1. The highest BCUT2D eigenvalue weighted by atomic mass is 16.6. The molecule has 4 amide bonds. The molecule has 1 aromatic carbocycles. The Balaban J connectivity index is 2.05. The van der Waals surface area contributed by atoms with Gasteiger partial charge in [-0.15, -0.1) is 0 Å². The number of nitro groups is 1. The zero-order chi connectivity index (χ0) is 20.9. The van der Waals surface area contributed by atoms with Crippen molar-refractivity contribution in [2.75, 3.05) is 30.3 Å². The summed E-state index contributed by atoms with van der Waals surface area (Å²) in [5, 5.41) is 28.6. The Morgan fingerprint density at radius 2 is 2.04 bits per heavy atom. The first-order valence-electron chi connectivity index (χ1n) is 8.55. The zero-order valence-corrected chi connectivity index (χ0v) is 15.4. The lowest BCUT2D eigenvalue weighted by Crippen LogP contribution is -2.50. The minimum atomic E-state index is -1.08. The number of imide groups is 1. The second-order valence-corrected chi connectivity index (χ2v) is 6.28. The molecule has 5 N–H and O–H groups in total. The zero-order valence-electron chi connectivity index (χ0n) is 15.4. The number of non-ortho nitro benzene ring substituents is 1. The van der Waals surface area contributed by atoms with E-state index in [-0.39, 0.29) is 31.1 Å². The van der Waals surface area contributed by atoms with Gasteiger partial charge in [-0.25, -0.2) is 4.79 Å². The molecule has 1 heterocycles. The number of carbonyl (C=O) groups is 3. The molecule has 1 saturated heterocycles. The van der Waals surface area contributed by atoms with Crippen molar-refractivity contribution in [3.63, 3.8) is 0 Å². The fourth-order valence-electron chi connectivity index (χ4n) is 2.50. The fourth-order valence-corrected chi connectivity index (χ4v) is 2.50. The number of carbonyl (C=O) groups excluding carboxylic acids is 3. The van der Waals surface area contributed by atoms with E-state index in [1.165, 1.54) is 18.2 Å². The van der Waals surface area contributed by atoms with E-state index in [1.807, 2.05) is 0 Å². The predicted octanol–water partition coefficient (Wildman–Crippen LogP) is 0.163. The van der Waals surface area contributed by atoms with Crippen molar-refractivity contribution in [3.8, 4) is 0 Å². The van der Waals surface area contributed by atoms with E-state index in [9.17, 15) is 24.5 Å². The minimum absolute atomic E-state index is 0.153. The number of hydrogen-bond donors (Lipinski definition) is 5. The second-order valence-electron chi connectivity index (χ2n) is 6.28. The molecule has 2 rings (SSSR count). The Kier molecular flexibility index (Phi) is 6.36. The first-order valence-corrected chi connectivity index (χ1v) is 8.55. The third kappa shape index (κ3) is 4.46. The Hall–Kier alpha value is -3.41. The van der Waals surface area contributed by atoms with E-state index in [4.69, 9.17) is 5.11 Å². The van der Waals surface area contributed by atoms with Crippen molar-refractivity contribution >= 4 is 34.9 Å². The molecule has 0 aliphatic carbocycles. The first kappa shape index (κ1) is 20.9. The minimum Gasteiger partial charge on any atom is -0.395 e. The van der Waals surface area contributed by atoms with Crippen molar-refractivity contribution in [1.82, 2.24) is 15.8 Å². The van der Waals surface area contributed by atoms with E-state index < -0.39 is 28.3 Å². The number of aliphatic hydroxyl groups excluding tert-OH is 1. The molecular formula is C16H22N6O6. The summed E-state index contributed by atoms with van der Waals surface area (Å²) < 4.78 is 0. The van der Waals surface area contributed by atoms with E-state index in [0.717, 1.165) is 0 Å². The van der Waals surface area contributed by atoms with Crippen LogP contribution in [-0.4, -0.2) is 58.1 Å². The maximum atomic E-state index is 12.3. The summed E-state index contributed by atoms with van der Waals surface area (Å²) in [5.74, 6) is -1.27. The molecule has 0 spiro atoms. The largest absolute Gasteiger partial charge is 0.395 e. The fraction of sp³-hybridized carbons (Fsp3) is 0.438.